The Morgan fingerprint density at radius 3 is 2.07 bits per heavy atom. The van der Waals surface area contributed by atoms with Crippen molar-refractivity contribution >= 4 is 0 Å². The van der Waals surface area contributed by atoms with Crippen LogP contribution in [0.25, 0.3) is 0 Å². The highest BCUT2D eigenvalue weighted by Gasteiger charge is 2.13. The van der Waals surface area contributed by atoms with Crippen molar-refractivity contribution in [2.24, 2.45) is 17.8 Å². The minimum atomic E-state index is 0.772. The summed E-state index contributed by atoms with van der Waals surface area (Å²) < 4.78 is 0. The van der Waals surface area contributed by atoms with Crippen molar-refractivity contribution in [3.63, 3.8) is 0 Å². The van der Waals surface area contributed by atoms with Crippen LogP contribution in [0.3, 0.4) is 0 Å². The molecule has 0 radical (unpaired) electrons. The zero-order valence-electron chi connectivity index (χ0n) is 10.8. The molecule has 86 valence electrons. The quantitative estimate of drug-likeness (QED) is 0.628. The molecule has 0 rings (SSSR count). The average molecular weight is 199 g/mol. The Kier molecular flexibility index (Phi) is 8.26. The van der Waals surface area contributed by atoms with Crippen LogP contribution in [0, 0.1) is 17.8 Å². The van der Waals surface area contributed by atoms with Gasteiger partial charge in [-0.15, -0.1) is 0 Å². The standard InChI is InChI=1S/C13H29N/c1-6-8-12(5)13(7-2)10-14-9-11(3)4/h11-14H,6-10H2,1-5H3. The predicted molar refractivity (Wildman–Crippen MR) is 65.6 cm³/mol. The highest BCUT2D eigenvalue weighted by molar-refractivity contribution is 4.68. The molecule has 0 fully saturated rings. The van der Waals surface area contributed by atoms with Gasteiger partial charge in [0.1, 0.15) is 0 Å². The molecule has 0 aliphatic carbocycles. The van der Waals surface area contributed by atoms with Gasteiger partial charge in [0.2, 0.25) is 0 Å². The molecule has 0 aliphatic heterocycles. The summed E-state index contributed by atoms with van der Waals surface area (Å²) in [6.45, 7) is 13.9. The summed E-state index contributed by atoms with van der Waals surface area (Å²) >= 11 is 0. The lowest BCUT2D eigenvalue weighted by Crippen LogP contribution is -2.29. The SMILES string of the molecule is CCCC(C)C(CC)CNCC(C)C. The molecule has 2 atom stereocenters. The lowest BCUT2D eigenvalue weighted by Gasteiger charge is -2.23. The molecule has 0 aromatic carbocycles. The van der Waals surface area contributed by atoms with Gasteiger partial charge in [-0.25, -0.2) is 0 Å². The summed E-state index contributed by atoms with van der Waals surface area (Å²) in [6, 6.07) is 0. The fraction of sp³-hybridized carbons (Fsp3) is 1.00. The summed E-state index contributed by atoms with van der Waals surface area (Å²) in [5, 5.41) is 3.58. The van der Waals surface area contributed by atoms with E-state index in [1.165, 1.54) is 25.8 Å². The Bertz CT molecular complexity index is 120. The summed E-state index contributed by atoms with van der Waals surface area (Å²) in [7, 11) is 0. The van der Waals surface area contributed by atoms with E-state index in [0.717, 1.165) is 24.3 Å². The fourth-order valence-electron chi connectivity index (χ4n) is 2.00. The number of rotatable bonds is 8. The van der Waals surface area contributed by atoms with Crippen LogP contribution >= 0.6 is 0 Å². The van der Waals surface area contributed by atoms with E-state index in [9.17, 15) is 0 Å². The summed E-state index contributed by atoms with van der Waals surface area (Å²) in [5.74, 6) is 2.52. The maximum Gasteiger partial charge on any atom is -0.00180 e. The van der Waals surface area contributed by atoms with Crippen molar-refractivity contribution in [3.8, 4) is 0 Å². The Morgan fingerprint density at radius 1 is 1.00 bits per heavy atom. The van der Waals surface area contributed by atoms with Crippen molar-refractivity contribution in [3.05, 3.63) is 0 Å². The van der Waals surface area contributed by atoms with Gasteiger partial charge in [-0.1, -0.05) is 53.9 Å². The predicted octanol–water partition coefficient (Wildman–Crippen LogP) is 3.69. The highest BCUT2D eigenvalue weighted by Crippen LogP contribution is 2.19. The third kappa shape index (κ3) is 6.42. The zero-order valence-corrected chi connectivity index (χ0v) is 10.8. The van der Waals surface area contributed by atoms with E-state index in [0.29, 0.717) is 0 Å². The first-order valence-corrected chi connectivity index (χ1v) is 6.32. The molecule has 1 N–H and O–H groups in total. The minimum absolute atomic E-state index is 0.772. The van der Waals surface area contributed by atoms with Crippen LogP contribution < -0.4 is 5.32 Å². The van der Waals surface area contributed by atoms with Gasteiger partial charge in [0, 0.05) is 0 Å². The number of hydrogen-bond donors (Lipinski definition) is 1. The maximum atomic E-state index is 3.58. The topological polar surface area (TPSA) is 12.0 Å². The second-order valence-corrected chi connectivity index (χ2v) is 4.99. The van der Waals surface area contributed by atoms with E-state index in [-0.39, 0.29) is 0 Å². The summed E-state index contributed by atoms with van der Waals surface area (Å²) in [4.78, 5) is 0. The molecule has 0 amide bonds. The molecule has 1 nitrogen and oxygen atoms in total. The van der Waals surface area contributed by atoms with Gasteiger partial charge in [-0.2, -0.15) is 0 Å². The van der Waals surface area contributed by atoms with Crippen LogP contribution in [-0.4, -0.2) is 13.1 Å². The molecule has 2 unspecified atom stereocenters. The number of nitrogens with one attached hydrogen (secondary N) is 1. The highest BCUT2D eigenvalue weighted by atomic mass is 14.9. The summed E-state index contributed by atoms with van der Waals surface area (Å²) in [6.07, 6.45) is 4.01. The number of hydrogen-bond acceptors (Lipinski definition) is 1. The summed E-state index contributed by atoms with van der Waals surface area (Å²) in [5.41, 5.74) is 0. The monoisotopic (exact) mass is 199 g/mol. The molecule has 0 spiro atoms. The molecule has 0 aliphatic rings. The van der Waals surface area contributed by atoms with Gasteiger partial charge >= 0.3 is 0 Å². The maximum absolute atomic E-state index is 3.58. The average Bonchev–Trinajstić information content (AvgIpc) is 2.12. The van der Waals surface area contributed by atoms with E-state index in [1.807, 2.05) is 0 Å². The molecule has 1 heteroatoms. The van der Waals surface area contributed by atoms with E-state index >= 15 is 0 Å². The first-order chi connectivity index (χ1) is 6.61. The van der Waals surface area contributed by atoms with Gasteiger partial charge in [-0.3, -0.25) is 0 Å². The van der Waals surface area contributed by atoms with Crippen LogP contribution in [0.4, 0.5) is 0 Å². The van der Waals surface area contributed by atoms with Crippen molar-refractivity contribution in [1.29, 1.82) is 0 Å². The fourth-order valence-corrected chi connectivity index (χ4v) is 2.00. The molecular weight excluding hydrogens is 170 g/mol. The van der Waals surface area contributed by atoms with E-state index < -0.39 is 0 Å². The molecule has 14 heavy (non-hydrogen) atoms. The normalized spacial score (nSPS) is 15.9. The lowest BCUT2D eigenvalue weighted by atomic mass is 9.88. The van der Waals surface area contributed by atoms with Crippen molar-refractivity contribution in [1.82, 2.24) is 5.32 Å². The van der Waals surface area contributed by atoms with E-state index in [1.54, 1.807) is 0 Å². The van der Waals surface area contributed by atoms with Crippen LogP contribution in [0.5, 0.6) is 0 Å². The van der Waals surface area contributed by atoms with Crippen LogP contribution in [0.15, 0.2) is 0 Å². The van der Waals surface area contributed by atoms with Crippen LogP contribution in [-0.2, 0) is 0 Å². The Labute approximate surface area is 90.7 Å². The smallest absolute Gasteiger partial charge is 0.00180 e. The second-order valence-electron chi connectivity index (χ2n) is 4.99. The third-order valence-electron chi connectivity index (χ3n) is 3.03. The Hall–Kier alpha value is -0.0400. The first kappa shape index (κ1) is 14.0. The molecule has 0 saturated carbocycles. The van der Waals surface area contributed by atoms with E-state index in [2.05, 4.69) is 39.9 Å². The minimum Gasteiger partial charge on any atom is -0.316 e. The third-order valence-corrected chi connectivity index (χ3v) is 3.03. The largest absolute Gasteiger partial charge is 0.316 e. The van der Waals surface area contributed by atoms with Gasteiger partial charge in [-0.05, 0) is 30.8 Å². The van der Waals surface area contributed by atoms with Gasteiger partial charge in [0.05, 0.1) is 0 Å². The van der Waals surface area contributed by atoms with Crippen molar-refractivity contribution in [2.45, 2.75) is 53.9 Å². The Morgan fingerprint density at radius 2 is 1.64 bits per heavy atom. The molecule has 0 heterocycles. The van der Waals surface area contributed by atoms with Gasteiger partial charge in [0.15, 0.2) is 0 Å². The Balaban J connectivity index is 3.66. The zero-order chi connectivity index (χ0) is 11.0. The molecule has 0 bridgehead atoms. The van der Waals surface area contributed by atoms with Crippen molar-refractivity contribution < 1.29 is 0 Å². The molecular formula is C13H29N. The molecule has 0 saturated heterocycles. The van der Waals surface area contributed by atoms with Crippen LogP contribution in [0.2, 0.25) is 0 Å². The first-order valence-electron chi connectivity index (χ1n) is 6.32. The second kappa shape index (κ2) is 8.28. The lowest BCUT2D eigenvalue weighted by molar-refractivity contribution is 0.307. The van der Waals surface area contributed by atoms with Crippen molar-refractivity contribution in [2.75, 3.05) is 13.1 Å². The van der Waals surface area contributed by atoms with E-state index in [4.69, 9.17) is 0 Å². The van der Waals surface area contributed by atoms with Gasteiger partial charge in [0.25, 0.3) is 0 Å². The molecule has 0 aromatic heterocycles. The molecule has 0 aromatic rings. The van der Waals surface area contributed by atoms with Crippen LogP contribution in [0.1, 0.15) is 53.9 Å². The van der Waals surface area contributed by atoms with Gasteiger partial charge < -0.3 is 5.32 Å².